The van der Waals surface area contributed by atoms with Gasteiger partial charge in [-0.05, 0) is 17.7 Å². The van der Waals surface area contributed by atoms with Gasteiger partial charge in [-0.2, -0.15) is 17.5 Å². The third-order valence-corrected chi connectivity index (χ3v) is 5.05. The van der Waals surface area contributed by atoms with Crippen molar-refractivity contribution in [2.75, 3.05) is 6.54 Å². The van der Waals surface area contributed by atoms with Gasteiger partial charge in [0.2, 0.25) is 10.0 Å². The number of hydrogen-bond acceptors (Lipinski definition) is 4. The summed E-state index contributed by atoms with van der Waals surface area (Å²) in [6.07, 6.45) is -4.73. The van der Waals surface area contributed by atoms with Crippen molar-refractivity contribution in [2.24, 2.45) is 0 Å². The number of alkyl halides is 3. The van der Waals surface area contributed by atoms with Gasteiger partial charge in [0.25, 0.3) is 5.69 Å². The number of non-ortho nitro benzene ring substituents is 1. The minimum atomic E-state index is -4.73. The van der Waals surface area contributed by atoms with Crippen LogP contribution in [0.5, 0.6) is 0 Å². The molecule has 0 heterocycles. The van der Waals surface area contributed by atoms with Crippen LogP contribution in [0.25, 0.3) is 0 Å². The molecule has 0 aliphatic rings. The Balaban J connectivity index is 2.38. The Morgan fingerprint density at radius 3 is 2.04 bits per heavy atom. The molecule has 134 valence electrons. The summed E-state index contributed by atoms with van der Waals surface area (Å²) in [7, 11) is -4.48. The highest BCUT2D eigenvalue weighted by atomic mass is 32.2. The first-order chi connectivity index (χ1) is 11.6. The lowest BCUT2D eigenvalue weighted by molar-refractivity contribution is -0.384. The Bertz CT molecular complexity index is 837. The molecule has 25 heavy (non-hydrogen) atoms. The van der Waals surface area contributed by atoms with E-state index in [1.165, 1.54) is 12.1 Å². The topological polar surface area (TPSA) is 80.5 Å². The first-order valence-corrected chi connectivity index (χ1v) is 8.39. The van der Waals surface area contributed by atoms with E-state index in [4.69, 9.17) is 0 Å². The van der Waals surface area contributed by atoms with Crippen LogP contribution >= 0.6 is 0 Å². The fourth-order valence-electron chi connectivity index (χ4n) is 2.10. The molecule has 0 aromatic heterocycles. The van der Waals surface area contributed by atoms with Gasteiger partial charge < -0.3 is 0 Å². The highest BCUT2D eigenvalue weighted by molar-refractivity contribution is 7.89. The largest absolute Gasteiger partial charge is 0.402 e. The van der Waals surface area contributed by atoms with Crippen molar-refractivity contribution in [3.63, 3.8) is 0 Å². The van der Waals surface area contributed by atoms with Crippen molar-refractivity contribution in [1.82, 2.24) is 4.31 Å². The molecule has 2 rings (SSSR count). The third kappa shape index (κ3) is 5.00. The highest BCUT2D eigenvalue weighted by Gasteiger charge is 2.37. The lowest BCUT2D eigenvalue weighted by Gasteiger charge is -2.23. The van der Waals surface area contributed by atoms with Crippen LogP contribution in [-0.4, -0.2) is 30.4 Å². The van der Waals surface area contributed by atoms with Crippen LogP contribution in [0.2, 0.25) is 0 Å². The van der Waals surface area contributed by atoms with Crippen molar-refractivity contribution in [1.29, 1.82) is 0 Å². The van der Waals surface area contributed by atoms with Gasteiger partial charge in [0, 0.05) is 18.7 Å². The lowest BCUT2D eigenvalue weighted by atomic mass is 10.2. The van der Waals surface area contributed by atoms with E-state index in [1.807, 2.05) is 0 Å². The maximum atomic E-state index is 12.8. The number of nitro groups is 1. The van der Waals surface area contributed by atoms with E-state index >= 15 is 0 Å². The summed E-state index contributed by atoms with van der Waals surface area (Å²) in [4.78, 5) is 9.45. The van der Waals surface area contributed by atoms with Crippen LogP contribution in [0.3, 0.4) is 0 Å². The quantitative estimate of drug-likeness (QED) is 0.574. The molecule has 0 N–H and O–H groups in total. The van der Waals surface area contributed by atoms with Crippen molar-refractivity contribution < 1.29 is 26.5 Å². The Morgan fingerprint density at radius 1 is 1.00 bits per heavy atom. The highest BCUT2D eigenvalue weighted by Crippen LogP contribution is 2.25. The molecule has 0 amide bonds. The smallest absolute Gasteiger partial charge is 0.258 e. The summed E-state index contributed by atoms with van der Waals surface area (Å²) in [5.74, 6) is 0. The fraction of sp³-hybridized carbons (Fsp3) is 0.200. The van der Waals surface area contributed by atoms with Gasteiger partial charge in [-0.25, -0.2) is 8.42 Å². The van der Waals surface area contributed by atoms with Crippen molar-refractivity contribution >= 4 is 15.7 Å². The van der Waals surface area contributed by atoms with E-state index in [-0.39, 0.29) is 5.69 Å². The van der Waals surface area contributed by atoms with Gasteiger partial charge in [0.1, 0.15) is 6.54 Å². The van der Waals surface area contributed by atoms with Crippen LogP contribution in [0.15, 0.2) is 59.5 Å². The van der Waals surface area contributed by atoms with Crippen LogP contribution in [0.4, 0.5) is 18.9 Å². The standard InChI is InChI=1S/C15H13F3N2O4S/c16-15(17,18)11-19(10-12-4-2-1-3-5-12)25(23,24)14-8-6-13(7-9-14)20(21)22/h1-9H,10-11H2. The van der Waals surface area contributed by atoms with Crippen LogP contribution < -0.4 is 0 Å². The van der Waals surface area contributed by atoms with E-state index in [0.717, 1.165) is 24.3 Å². The second kappa shape index (κ2) is 7.19. The molecule has 0 spiro atoms. The minimum absolute atomic E-state index is 0.295. The molecule has 0 fully saturated rings. The Kier molecular flexibility index (Phi) is 5.43. The summed E-state index contributed by atoms with van der Waals surface area (Å²) < 4.78 is 63.9. The number of nitrogens with zero attached hydrogens (tertiary/aromatic N) is 2. The third-order valence-electron chi connectivity index (χ3n) is 3.24. The molecule has 0 aliphatic carbocycles. The molecule has 0 radical (unpaired) electrons. The summed E-state index contributed by atoms with van der Waals surface area (Å²) in [5.41, 5.74) is 0.0293. The van der Waals surface area contributed by atoms with Gasteiger partial charge in [-0.1, -0.05) is 30.3 Å². The zero-order valence-electron chi connectivity index (χ0n) is 12.7. The lowest BCUT2D eigenvalue weighted by Crippen LogP contribution is -2.38. The van der Waals surface area contributed by atoms with E-state index < -0.39 is 39.1 Å². The normalized spacial score (nSPS) is 12.3. The predicted octanol–water partition coefficient (Wildman–Crippen LogP) is 3.35. The fourth-order valence-corrected chi connectivity index (χ4v) is 3.52. The van der Waals surface area contributed by atoms with Gasteiger partial charge >= 0.3 is 6.18 Å². The Hall–Kier alpha value is -2.46. The molecule has 0 atom stereocenters. The zero-order chi connectivity index (χ0) is 18.7. The average molecular weight is 374 g/mol. The maximum Gasteiger partial charge on any atom is 0.402 e. The van der Waals surface area contributed by atoms with Crippen molar-refractivity contribution in [3.05, 3.63) is 70.3 Å². The second-order valence-electron chi connectivity index (χ2n) is 5.12. The maximum absolute atomic E-state index is 12.8. The summed E-state index contributed by atoms with van der Waals surface area (Å²) >= 11 is 0. The van der Waals surface area contributed by atoms with Crippen molar-refractivity contribution in [3.8, 4) is 0 Å². The Labute approximate surface area is 141 Å². The van der Waals surface area contributed by atoms with Crippen LogP contribution in [0, 0.1) is 10.1 Å². The zero-order valence-corrected chi connectivity index (χ0v) is 13.5. The molecule has 6 nitrogen and oxygen atoms in total. The summed E-state index contributed by atoms with van der Waals surface area (Å²) in [6.45, 7) is -2.14. The van der Waals surface area contributed by atoms with E-state index in [0.29, 0.717) is 9.87 Å². The summed E-state index contributed by atoms with van der Waals surface area (Å²) in [6, 6.07) is 11.5. The molecule has 0 bridgehead atoms. The molecular formula is C15H13F3N2O4S. The van der Waals surface area contributed by atoms with Crippen molar-refractivity contribution in [2.45, 2.75) is 17.6 Å². The van der Waals surface area contributed by atoms with Gasteiger partial charge in [-0.15, -0.1) is 0 Å². The molecule has 0 aliphatic heterocycles. The number of nitro benzene ring substituents is 1. The molecular weight excluding hydrogens is 361 g/mol. The Morgan fingerprint density at radius 2 is 1.56 bits per heavy atom. The number of halogens is 3. The minimum Gasteiger partial charge on any atom is -0.258 e. The molecule has 2 aromatic carbocycles. The number of hydrogen-bond donors (Lipinski definition) is 0. The van der Waals surface area contributed by atoms with Crippen LogP contribution in [0.1, 0.15) is 5.56 Å². The van der Waals surface area contributed by atoms with Crippen LogP contribution in [-0.2, 0) is 16.6 Å². The monoisotopic (exact) mass is 374 g/mol. The molecule has 0 saturated heterocycles. The van der Waals surface area contributed by atoms with Gasteiger partial charge in [0.15, 0.2) is 0 Å². The number of sulfonamides is 1. The number of rotatable bonds is 6. The average Bonchev–Trinajstić information content (AvgIpc) is 2.54. The molecule has 10 heteroatoms. The van der Waals surface area contributed by atoms with E-state index in [1.54, 1.807) is 18.2 Å². The first-order valence-electron chi connectivity index (χ1n) is 6.95. The predicted molar refractivity (Wildman–Crippen MR) is 83.2 cm³/mol. The van der Waals surface area contributed by atoms with Gasteiger partial charge in [-0.3, -0.25) is 10.1 Å². The SMILES string of the molecule is O=[N+]([O-])c1ccc(S(=O)(=O)N(Cc2ccccc2)CC(F)(F)F)cc1. The molecule has 2 aromatic rings. The summed E-state index contributed by atoms with van der Waals surface area (Å²) in [5, 5.41) is 10.6. The molecule has 0 unspecified atom stereocenters. The van der Waals surface area contributed by atoms with Gasteiger partial charge in [0.05, 0.1) is 9.82 Å². The second-order valence-corrected chi connectivity index (χ2v) is 7.06. The number of benzene rings is 2. The van der Waals surface area contributed by atoms with E-state index in [2.05, 4.69) is 0 Å². The molecule has 0 saturated carbocycles. The first kappa shape index (κ1) is 18.9. The van der Waals surface area contributed by atoms with E-state index in [9.17, 15) is 31.7 Å².